The number of allylic oxidation sites excluding steroid dienone is 1. The first-order valence-electron chi connectivity index (χ1n) is 12.9. The van der Waals surface area contributed by atoms with Crippen molar-refractivity contribution < 1.29 is 19.2 Å². The number of carbonyl (C=O) groups excluding carboxylic acids is 2. The molecule has 12 heteroatoms. The first-order valence-corrected chi connectivity index (χ1v) is 13.7. The van der Waals surface area contributed by atoms with E-state index in [0.29, 0.717) is 32.7 Å². The Balaban J connectivity index is 1.73. The van der Waals surface area contributed by atoms with Crippen LogP contribution in [0.3, 0.4) is 0 Å². The summed E-state index contributed by atoms with van der Waals surface area (Å²) < 4.78 is 8.99. The summed E-state index contributed by atoms with van der Waals surface area (Å²) in [6, 6.07) is 11.3. The van der Waals surface area contributed by atoms with Gasteiger partial charge in [0.2, 0.25) is 5.91 Å². The van der Waals surface area contributed by atoms with E-state index < -0.39 is 28.4 Å². The summed E-state index contributed by atoms with van der Waals surface area (Å²) in [7, 11) is 0. The molecule has 2 aromatic carbocycles. The van der Waals surface area contributed by atoms with Crippen molar-refractivity contribution in [1.82, 2.24) is 9.13 Å². The highest BCUT2D eigenvalue weighted by Crippen LogP contribution is 2.33. The fourth-order valence-electron chi connectivity index (χ4n) is 5.05. The second-order valence-corrected chi connectivity index (χ2v) is 10.6. The number of nitrogens with two attached hydrogens (primary N) is 1. The van der Waals surface area contributed by atoms with Crippen LogP contribution in [0.2, 0.25) is 0 Å². The molecule has 1 atom stereocenters. The summed E-state index contributed by atoms with van der Waals surface area (Å²) in [5.41, 5.74) is 7.86. The number of ether oxygens (including phenoxy) is 1. The average Bonchev–Trinajstić information content (AvgIpc) is 3.43. The number of hydrogen-bond acceptors (Lipinski definition) is 8. The lowest BCUT2D eigenvalue weighted by Gasteiger charge is -2.24. The van der Waals surface area contributed by atoms with Crippen LogP contribution in [-0.4, -0.2) is 32.5 Å². The lowest BCUT2D eigenvalue weighted by atomic mass is 9.94. The second-order valence-electron chi connectivity index (χ2n) is 9.62. The summed E-state index contributed by atoms with van der Waals surface area (Å²) in [6.07, 6.45) is 3.78. The van der Waals surface area contributed by atoms with Crippen molar-refractivity contribution in [3.63, 3.8) is 0 Å². The van der Waals surface area contributed by atoms with Crippen molar-refractivity contribution in [1.29, 1.82) is 0 Å². The monoisotopic (exact) mass is 573 g/mol. The van der Waals surface area contributed by atoms with Gasteiger partial charge in [-0.2, -0.15) is 0 Å². The van der Waals surface area contributed by atoms with E-state index in [1.54, 1.807) is 39.0 Å². The smallest absolute Gasteiger partial charge is 0.338 e. The van der Waals surface area contributed by atoms with Crippen molar-refractivity contribution in [2.24, 2.45) is 10.7 Å². The van der Waals surface area contributed by atoms with Crippen LogP contribution >= 0.6 is 11.3 Å². The summed E-state index contributed by atoms with van der Waals surface area (Å²) in [6.45, 7) is 5.46. The molecule has 0 saturated carbocycles. The number of nitro groups is 1. The van der Waals surface area contributed by atoms with Gasteiger partial charge < -0.3 is 15.0 Å². The molecule has 1 amide bonds. The molecule has 41 heavy (non-hydrogen) atoms. The van der Waals surface area contributed by atoms with Crippen LogP contribution in [0.4, 0.5) is 5.69 Å². The second kappa shape index (κ2) is 11.0. The van der Waals surface area contributed by atoms with Crippen LogP contribution in [0.25, 0.3) is 17.0 Å². The van der Waals surface area contributed by atoms with Crippen molar-refractivity contribution in [3.05, 3.63) is 106 Å². The number of esters is 1. The number of amides is 1. The SMILES string of the molecule is CCOC(=O)C1=C(C)N=c2s/c(=C/c3cn(CCC(N)=O)c4ccccc34)c(=O)n2[C@H]1c1ccc(C)c([N+](=O)[O-])c1. The van der Waals surface area contributed by atoms with E-state index in [9.17, 15) is 24.5 Å². The Bertz CT molecular complexity index is 1950. The molecule has 4 aromatic rings. The molecule has 0 unspecified atom stereocenters. The number of aromatic nitrogens is 2. The molecule has 0 spiro atoms. The Labute approximate surface area is 237 Å². The van der Waals surface area contributed by atoms with Gasteiger partial charge in [0.1, 0.15) is 0 Å². The highest BCUT2D eigenvalue weighted by Gasteiger charge is 2.34. The normalized spacial score (nSPS) is 15.1. The highest BCUT2D eigenvalue weighted by molar-refractivity contribution is 7.07. The Morgan fingerprint density at radius 3 is 2.68 bits per heavy atom. The zero-order valence-corrected chi connectivity index (χ0v) is 23.4. The lowest BCUT2D eigenvalue weighted by Crippen LogP contribution is -2.40. The van der Waals surface area contributed by atoms with Gasteiger partial charge in [0, 0.05) is 47.3 Å². The third-order valence-electron chi connectivity index (χ3n) is 6.97. The number of nitrogens with zero attached hydrogens (tertiary/aromatic N) is 4. The molecule has 1 aliphatic rings. The van der Waals surface area contributed by atoms with Gasteiger partial charge in [0.15, 0.2) is 4.80 Å². The van der Waals surface area contributed by atoms with Crippen LogP contribution in [0.15, 0.2) is 69.7 Å². The molecule has 1 aliphatic heterocycles. The molecule has 0 aliphatic carbocycles. The van der Waals surface area contributed by atoms with Crippen molar-refractivity contribution in [2.75, 3.05) is 6.61 Å². The number of carbonyl (C=O) groups is 2. The van der Waals surface area contributed by atoms with Gasteiger partial charge in [0.25, 0.3) is 11.2 Å². The number of thiazole rings is 1. The predicted octanol–water partition coefficient (Wildman–Crippen LogP) is 2.85. The van der Waals surface area contributed by atoms with E-state index in [-0.39, 0.29) is 24.3 Å². The maximum absolute atomic E-state index is 14.0. The summed E-state index contributed by atoms with van der Waals surface area (Å²) in [4.78, 5) is 54.7. The highest BCUT2D eigenvalue weighted by atomic mass is 32.1. The van der Waals surface area contributed by atoms with Gasteiger partial charge in [0.05, 0.1) is 33.4 Å². The molecular weight excluding hydrogens is 546 g/mol. The maximum Gasteiger partial charge on any atom is 0.338 e. The number of primary amides is 1. The Morgan fingerprint density at radius 2 is 1.98 bits per heavy atom. The molecule has 2 N–H and O–H groups in total. The van der Waals surface area contributed by atoms with Gasteiger partial charge in [-0.15, -0.1) is 0 Å². The Morgan fingerprint density at radius 1 is 1.22 bits per heavy atom. The topological polar surface area (TPSA) is 152 Å². The van der Waals surface area contributed by atoms with Crippen molar-refractivity contribution in [3.8, 4) is 0 Å². The maximum atomic E-state index is 14.0. The van der Waals surface area contributed by atoms with Crippen LogP contribution in [0.5, 0.6) is 0 Å². The molecule has 0 fully saturated rings. The fourth-order valence-corrected chi connectivity index (χ4v) is 6.08. The Hall–Kier alpha value is -4.84. The first kappa shape index (κ1) is 27.7. The predicted molar refractivity (Wildman–Crippen MR) is 154 cm³/mol. The molecular formula is C29H27N5O6S. The van der Waals surface area contributed by atoms with Gasteiger partial charge in [-0.25, -0.2) is 9.79 Å². The molecule has 0 saturated heterocycles. The number of benzene rings is 2. The molecule has 0 radical (unpaired) electrons. The minimum Gasteiger partial charge on any atom is -0.463 e. The Kier molecular flexibility index (Phi) is 7.41. The zero-order valence-electron chi connectivity index (χ0n) is 22.6. The van der Waals surface area contributed by atoms with Gasteiger partial charge in [-0.1, -0.05) is 41.7 Å². The summed E-state index contributed by atoms with van der Waals surface area (Å²) >= 11 is 1.16. The molecule has 5 rings (SSSR count). The van der Waals surface area contributed by atoms with Crippen LogP contribution in [-0.2, 0) is 20.9 Å². The molecule has 210 valence electrons. The largest absolute Gasteiger partial charge is 0.463 e. The minimum atomic E-state index is -0.969. The van der Waals surface area contributed by atoms with Crippen LogP contribution in [0.1, 0.15) is 43.0 Å². The molecule has 11 nitrogen and oxygen atoms in total. The van der Waals surface area contributed by atoms with Gasteiger partial charge in [-0.3, -0.25) is 24.3 Å². The standard InChI is InChI=1S/C29H27N5O6S/c1-4-40-28(37)25-17(3)31-29-33(26(25)18-10-9-16(2)22(13-18)34(38)39)27(36)23(41-29)14-19-15-32(12-11-24(30)35)21-8-6-5-7-20(19)21/h5-10,13-15,26H,4,11-12H2,1-3H3,(H2,30,35)/b23-14+/t26-/m0/s1. The minimum absolute atomic E-state index is 0.112. The number of fused-ring (bicyclic) bond motifs is 2. The van der Waals surface area contributed by atoms with Crippen LogP contribution < -0.4 is 20.6 Å². The van der Waals surface area contributed by atoms with Gasteiger partial charge in [-0.05, 0) is 38.5 Å². The third kappa shape index (κ3) is 5.09. The summed E-state index contributed by atoms with van der Waals surface area (Å²) in [5.74, 6) is -1.06. The first-order chi connectivity index (χ1) is 19.6. The average molecular weight is 574 g/mol. The molecule has 3 heterocycles. The third-order valence-corrected chi connectivity index (χ3v) is 7.95. The van der Waals surface area contributed by atoms with E-state index in [2.05, 4.69) is 4.99 Å². The van der Waals surface area contributed by atoms with E-state index in [0.717, 1.165) is 27.8 Å². The van der Waals surface area contributed by atoms with E-state index in [4.69, 9.17) is 10.5 Å². The number of aryl methyl sites for hydroxylation is 2. The molecule has 0 bridgehead atoms. The lowest BCUT2D eigenvalue weighted by molar-refractivity contribution is -0.385. The number of hydrogen-bond donors (Lipinski definition) is 1. The number of rotatable bonds is 8. The van der Waals surface area contributed by atoms with Crippen molar-refractivity contribution >= 4 is 45.9 Å². The number of nitro benzene ring substituents is 1. The van der Waals surface area contributed by atoms with Gasteiger partial charge >= 0.3 is 5.97 Å². The molecule has 2 aromatic heterocycles. The fraction of sp³-hybridized carbons (Fsp3) is 0.241. The van der Waals surface area contributed by atoms with Crippen molar-refractivity contribution in [2.45, 2.75) is 39.8 Å². The van der Waals surface area contributed by atoms with Crippen LogP contribution in [0, 0.1) is 17.0 Å². The van der Waals surface area contributed by atoms with E-state index in [1.807, 2.05) is 35.0 Å². The quantitative estimate of drug-likeness (QED) is 0.194. The summed E-state index contributed by atoms with van der Waals surface area (Å²) in [5, 5.41) is 12.6. The number of para-hydroxylation sites is 1. The zero-order chi connectivity index (χ0) is 29.4. The van der Waals surface area contributed by atoms with E-state index >= 15 is 0 Å². The van der Waals surface area contributed by atoms with E-state index in [1.165, 1.54) is 10.6 Å².